The Morgan fingerprint density at radius 2 is 2.10 bits per heavy atom. The Kier molecular flexibility index (Phi) is 3.59. The molecule has 0 spiro atoms. The number of thiophene rings is 2. The van der Waals surface area contributed by atoms with E-state index in [1.165, 1.54) is 33.0 Å². The molecule has 6 heteroatoms. The fourth-order valence-corrected chi connectivity index (χ4v) is 5.16. The molecule has 3 heterocycles. The summed E-state index contributed by atoms with van der Waals surface area (Å²) in [7, 11) is 1.34. The summed E-state index contributed by atoms with van der Waals surface area (Å²) < 4.78 is 5.79. The van der Waals surface area contributed by atoms with E-state index in [0.717, 1.165) is 10.4 Å². The highest BCUT2D eigenvalue weighted by molar-refractivity contribution is 7.25. The summed E-state index contributed by atoms with van der Waals surface area (Å²) in [5, 5.41) is 1.25. The fraction of sp³-hybridized carbons (Fsp3) is 0.333. The third kappa shape index (κ3) is 2.28. The van der Waals surface area contributed by atoms with Gasteiger partial charge in [0.1, 0.15) is 0 Å². The van der Waals surface area contributed by atoms with Crippen LogP contribution in [0.1, 0.15) is 25.0 Å². The van der Waals surface area contributed by atoms with Gasteiger partial charge in [0.15, 0.2) is 0 Å². The van der Waals surface area contributed by atoms with E-state index in [4.69, 9.17) is 0 Å². The normalized spacial score (nSPS) is 14.4. The Morgan fingerprint density at radius 1 is 1.33 bits per heavy atom. The van der Waals surface area contributed by atoms with E-state index in [9.17, 15) is 9.59 Å². The maximum atomic E-state index is 12.4. The number of aryl methyl sites for hydroxylation is 2. The third-order valence-electron chi connectivity index (χ3n) is 3.60. The van der Waals surface area contributed by atoms with Crippen LogP contribution in [0.5, 0.6) is 0 Å². The van der Waals surface area contributed by atoms with E-state index >= 15 is 0 Å². The second kappa shape index (κ2) is 5.27. The Morgan fingerprint density at radius 3 is 2.81 bits per heavy atom. The van der Waals surface area contributed by atoms with E-state index < -0.39 is 5.97 Å². The highest BCUT2D eigenvalue weighted by Gasteiger charge is 2.32. The molecule has 0 aromatic carbocycles. The smallest absolute Gasteiger partial charge is 0.330 e. The van der Waals surface area contributed by atoms with E-state index in [-0.39, 0.29) is 5.91 Å². The number of rotatable bonds is 3. The van der Waals surface area contributed by atoms with Crippen LogP contribution in [-0.2, 0) is 16.1 Å². The highest BCUT2D eigenvalue weighted by Crippen LogP contribution is 2.43. The van der Waals surface area contributed by atoms with E-state index in [0.29, 0.717) is 13.1 Å². The summed E-state index contributed by atoms with van der Waals surface area (Å²) in [6.07, 6.45) is 3.03. The molecule has 2 aromatic heterocycles. The number of carbonyl (C=O) groups excluding carboxylic acids is 2. The number of carbonyl (C=O) groups is 2. The van der Waals surface area contributed by atoms with Crippen molar-refractivity contribution in [1.82, 2.24) is 4.90 Å². The molecular formula is C15H15NO3S2. The molecule has 0 saturated carbocycles. The van der Waals surface area contributed by atoms with Crippen molar-refractivity contribution in [2.24, 2.45) is 0 Å². The summed E-state index contributed by atoms with van der Waals surface area (Å²) in [6.45, 7) is 5.26. The van der Waals surface area contributed by atoms with Crippen molar-refractivity contribution < 1.29 is 14.3 Å². The van der Waals surface area contributed by atoms with E-state index in [1.807, 2.05) is 0 Å². The number of esters is 1. The third-order valence-corrected chi connectivity index (χ3v) is 6.09. The second-order valence-electron chi connectivity index (χ2n) is 4.94. The van der Waals surface area contributed by atoms with Crippen LogP contribution in [-0.4, -0.2) is 30.4 Å². The van der Waals surface area contributed by atoms with Gasteiger partial charge in [0.25, 0.3) is 5.91 Å². The summed E-state index contributed by atoms with van der Waals surface area (Å²) in [6, 6.07) is 0. The molecule has 3 rings (SSSR count). The lowest BCUT2D eigenvalue weighted by Gasteiger charge is -2.12. The summed E-state index contributed by atoms with van der Waals surface area (Å²) >= 11 is 3.38. The average molecular weight is 321 g/mol. The molecule has 0 atom stereocenters. The van der Waals surface area contributed by atoms with Gasteiger partial charge < -0.3 is 9.64 Å². The van der Waals surface area contributed by atoms with Gasteiger partial charge in [-0.3, -0.25) is 4.79 Å². The summed E-state index contributed by atoms with van der Waals surface area (Å²) in [4.78, 5) is 28.6. The van der Waals surface area contributed by atoms with Gasteiger partial charge in [0.05, 0.1) is 12.0 Å². The Hall–Kier alpha value is -1.66. The first kappa shape index (κ1) is 14.3. The van der Waals surface area contributed by atoms with Gasteiger partial charge in [-0.05, 0) is 13.8 Å². The van der Waals surface area contributed by atoms with Crippen molar-refractivity contribution >= 4 is 44.6 Å². The number of hydrogen-bond donors (Lipinski definition) is 0. The van der Waals surface area contributed by atoms with Gasteiger partial charge >= 0.3 is 5.97 Å². The van der Waals surface area contributed by atoms with Crippen molar-refractivity contribution in [1.29, 1.82) is 0 Å². The fourth-order valence-electron chi connectivity index (χ4n) is 2.63. The SMILES string of the molecule is COC(=O)C=CCN1Cc2c(sc3c(C)sc(C)c23)C1=O. The molecule has 21 heavy (non-hydrogen) atoms. The van der Waals surface area contributed by atoms with E-state index in [2.05, 4.69) is 18.6 Å². The van der Waals surface area contributed by atoms with Crippen molar-refractivity contribution in [2.75, 3.05) is 13.7 Å². The van der Waals surface area contributed by atoms with E-state index in [1.54, 1.807) is 33.6 Å². The van der Waals surface area contributed by atoms with Crippen molar-refractivity contribution in [3.05, 3.63) is 32.3 Å². The lowest BCUT2D eigenvalue weighted by Crippen LogP contribution is -2.23. The van der Waals surface area contributed by atoms with Gasteiger partial charge in [-0.2, -0.15) is 0 Å². The number of fused-ring (bicyclic) bond motifs is 3. The minimum absolute atomic E-state index is 0.0597. The highest BCUT2D eigenvalue weighted by atomic mass is 32.1. The van der Waals surface area contributed by atoms with Crippen LogP contribution in [0.3, 0.4) is 0 Å². The minimum Gasteiger partial charge on any atom is -0.466 e. The minimum atomic E-state index is -0.400. The predicted octanol–water partition coefficient (Wildman–Crippen LogP) is 3.26. The molecule has 4 nitrogen and oxygen atoms in total. The Labute approximate surface area is 130 Å². The molecule has 2 aromatic rings. The van der Waals surface area contributed by atoms with Gasteiger partial charge in [0, 0.05) is 44.6 Å². The molecule has 1 aliphatic rings. The lowest BCUT2D eigenvalue weighted by molar-refractivity contribution is -0.134. The van der Waals surface area contributed by atoms with Crippen molar-refractivity contribution in [3.8, 4) is 0 Å². The summed E-state index contributed by atoms with van der Waals surface area (Å²) in [5.74, 6) is -0.340. The van der Waals surface area contributed by atoms with Crippen LogP contribution >= 0.6 is 22.7 Å². The van der Waals surface area contributed by atoms with Gasteiger partial charge in [-0.15, -0.1) is 22.7 Å². The average Bonchev–Trinajstić information content (AvgIpc) is 3.05. The zero-order valence-corrected chi connectivity index (χ0v) is 13.7. The molecule has 0 unspecified atom stereocenters. The maximum absolute atomic E-state index is 12.4. The lowest BCUT2D eigenvalue weighted by atomic mass is 10.2. The molecule has 0 radical (unpaired) electrons. The molecule has 0 bridgehead atoms. The van der Waals surface area contributed by atoms with Gasteiger partial charge in [-0.1, -0.05) is 6.08 Å². The first-order chi connectivity index (χ1) is 10.0. The maximum Gasteiger partial charge on any atom is 0.330 e. The predicted molar refractivity (Wildman–Crippen MR) is 85.1 cm³/mol. The molecule has 110 valence electrons. The van der Waals surface area contributed by atoms with Crippen LogP contribution in [0.25, 0.3) is 10.1 Å². The molecule has 0 saturated heterocycles. The van der Waals surface area contributed by atoms with Crippen LogP contribution in [0.2, 0.25) is 0 Å². The molecule has 0 fully saturated rings. The van der Waals surface area contributed by atoms with Crippen LogP contribution < -0.4 is 0 Å². The number of amides is 1. The van der Waals surface area contributed by atoms with Crippen LogP contribution in [0, 0.1) is 13.8 Å². The largest absolute Gasteiger partial charge is 0.466 e. The number of ether oxygens (including phenoxy) is 1. The van der Waals surface area contributed by atoms with Crippen LogP contribution in [0.15, 0.2) is 12.2 Å². The Bertz CT molecular complexity index is 770. The van der Waals surface area contributed by atoms with Crippen molar-refractivity contribution in [3.63, 3.8) is 0 Å². The number of methoxy groups -OCH3 is 1. The first-order valence-corrected chi connectivity index (χ1v) is 8.21. The molecule has 1 aliphatic heterocycles. The van der Waals surface area contributed by atoms with Gasteiger partial charge in [0.2, 0.25) is 0 Å². The molecule has 0 aliphatic carbocycles. The molecule has 1 amide bonds. The Balaban J connectivity index is 1.86. The number of nitrogens with zero attached hydrogens (tertiary/aromatic N) is 1. The monoisotopic (exact) mass is 321 g/mol. The summed E-state index contributed by atoms with van der Waals surface area (Å²) in [5.41, 5.74) is 1.15. The van der Waals surface area contributed by atoms with Crippen LogP contribution in [0.4, 0.5) is 0 Å². The number of hydrogen-bond acceptors (Lipinski definition) is 5. The zero-order valence-electron chi connectivity index (χ0n) is 12.1. The second-order valence-corrected chi connectivity index (χ2v) is 7.39. The topological polar surface area (TPSA) is 46.6 Å². The standard InChI is InChI=1S/C15H15NO3S2/c1-8-12-10-7-16(6-4-5-11(17)19-3)15(18)14(10)21-13(12)9(2)20-8/h4-5H,6-7H2,1-3H3. The first-order valence-electron chi connectivity index (χ1n) is 6.58. The molecule has 0 N–H and O–H groups in total. The van der Waals surface area contributed by atoms with Crippen molar-refractivity contribution in [2.45, 2.75) is 20.4 Å². The van der Waals surface area contributed by atoms with Gasteiger partial charge in [-0.25, -0.2) is 4.79 Å². The quantitative estimate of drug-likeness (QED) is 0.644. The zero-order chi connectivity index (χ0) is 15.1. The molecular weight excluding hydrogens is 306 g/mol.